The van der Waals surface area contributed by atoms with Crippen LogP contribution in [0.25, 0.3) is 6.08 Å². The molecule has 1 aliphatic rings. The van der Waals surface area contributed by atoms with Crippen molar-refractivity contribution in [3.05, 3.63) is 88.5 Å². The number of benzene rings is 3. The number of carbonyl (C=O) groups excluding carboxylic acids is 1. The van der Waals surface area contributed by atoms with Gasteiger partial charge >= 0.3 is 12.1 Å². The Bertz CT molecular complexity index is 1440. The average molecular weight is 495 g/mol. The quantitative estimate of drug-likeness (QED) is 0.242. The lowest BCUT2D eigenvalue weighted by Crippen LogP contribution is -2.26. The van der Waals surface area contributed by atoms with Gasteiger partial charge in [-0.2, -0.15) is 18.3 Å². The summed E-state index contributed by atoms with van der Waals surface area (Å²) in [6.07, 6.45) is -2.58. The molecular weight excluding hydrogens is 475 g/mol. The van der Waals surface area contributed by atoms with E-state index in [9.17, 15) is 27.9 Å². The molecule has 1 heterocycles. The van der Waals surface area contributed by atoms with Crippen LogP contribution in [0.1, 0.15) is 27.8 Å². The van der Waals surface area contributed by atoms with Crippen molar-refractivity contribution in [2.75, 3.05) is 10.3 Å². The minimum Gasteiger partial charge on any atom is -0.505 e. The highest BCUT2D eigenvalue weighted by atomic mass is 19.4. The topological polar surface area (TPSA) is 102 Å². The van der Waals surface area contributed by atoms with Crippen molar-refractivity contribution in [2.24, 2.45) is 5.10 Å². The number of phenols is 1. The van der Waals surface area contributed by atoms with Crippen LogP contribution in [0.4, 0.5) is 30.2 Å². The second kappa shape index (κ2) is 9.21. The third-order valence-electron chi connectivity index (χ3n) is 5.74. The molecule has 1 aliphatic heterocycles. The van der Waals surface area contributed by atoms with Gasteiger partial charge in [0.1, 0.15) is 5.75 Å². The van der Waals surface area contributed by atoms with Crippen molar-refractivity contribution in [1.29, 1.82) is 0 Å². The van der Waals surface area contributed by atoms with Crippen LogP contribution in [-0.2, 0) is 15.8 Å². The number of alkyl halides is 3. The summed E-state index contributed by atoms with van der Waals surface area (Å²) in [5, 5.41) is 23.4. The molecule has 36 heavy (non-hydrogen) atoms. The molecule has 3 aromatic rings. The van der Waals surface area contributed by atoms with Gasteiger partial charge in [-0.3, -0.25) is 15.1 Å². The Labute approximate surface area is 203 Å². The fraction of sp³-hybridized carbons (Fsp3) is 0.115. The van der Waals surface area contributed by atoms with E-state index in [1.165, 1.54) is 35.2 Å². The zero-order valence-corrected chi connectivity index (χ0v) is 19.1. The summed E-state index contributed by atoms with van der Waals surface area (Å²) in [5.41, 5.74) is 4.18. The number of aryl methyl sites for hydroxylation is 2. The average Bonchev–Trinajstić information content (AvgIpc) is 3.09. The highest BCUT2D eigenvalue weighted by Crippen LogP contribution is 2.41. The van der Waals surface area contributed by atoms with Crippen LogP contribution in [-0.4, -0.2) is 27.8 Å². The smallest absolute Gasteiger partial charge is 0.416 e. The molecule has 184 valence electrons. The fourth-order valence-corrected chi connectivity index (χ4v) is 3.72. The number of aromatic hydroxyl groups is 1. The van der Waals surface area contributed by atoms with Crippen LogP contribution in [0.15, 0.2) is 65.8 Å². The van der Waals surface area contributed by atoms with Crippen LogP contribution in [0.5, 0.6) is 5.75 Å². The van der Waals surface area contributed by atoms with Crippen molar-refractivity contribution in [2.45, 2.75) is 20.0 Å². The van der Waals surface area contributed by atoms with Gasteiger partial charge in [-0.1, -0.05) is 18.2 Å². The number of aliphatic carboxylic acids is 1. The second-order valence-electron chi connectivity index (χ2n) is 8.13. The fourth-order valence-electron chi connectivity index (χ4n) is 3.72. The van der Waals surface area contributed by atoms with E-state index in [2.05, 4.69) is 10.5 Å². The molecule has 7 nitrogen and oxygen atoms in total. The maximum atomic E-state index is 13.4. The number of phenolic OH excluding ortho intramolecular Hbond substituents is 1. The van der Waals surface area contributed by atoms with E-state index in [0.29, 0.717) is 5.69 Å². The molecule has 4 rings (SSSR count). The van der Waals surface area contributed by atoms with E-state index in [4.69, 9.17) is 5.11 Å². The SMILES string of the molecule is Cc1ccc(N2C(=O)/C(=N\Nc3cccc(/C=C\C(=O)O)c3O)c3ccc(C(F)(F)F)cc32)cc1C. The van der Waals surface area contributed by atoms with Crippen molar-refractivity contribution >= 4 is 40.7 Å². The van der Waals surface area contributed by atoms with Gasteiger partial charge in [0.15, 0.2) is 5.71 Å². The van der Waals surface area contributed by atoms with Gasteiger partial charge in [0, 0.05) is 22.9 Å². The summed E-state index contributed by atoms with van der Waals surface area (Å²) in [6, 6.07) is 12.5. The predicted molar refractivity (Wildman–Crippen MR) is 129 cm³/mol. The molecule has 0 saturated carbocycles. The van der Waals surface area contributed by atoms with Crippen LogP contribution >= 0.6 is 0 Å². The summed E-state index contributed by atoms with van der Waals surface area (Å²) >= 11 is 0. The first kappa shape index (κ1) is 24.5. The van der Waals surface area contributed by atoms with E-state index in [-0.39, 0.29) is 34.0 Å². The van der Waals surface area contributed by atoms with E-state index in [0.717, 1.165) is 29.3 Å². The molecule has 3 aromatic carbocycles. The standard InChI is InChI=1S/C26H20F3N3O4/c1-14-6-9-18(12-15(14)2)32-21-13-17(26(27,28)29)8-10-19(21)23(25(32)36)31-30-20-5-3-4-16(24(20)35)7-11-22(33)34/h3-13,30,35H,1-2H3,(H,33,34)/b11-7-,31-23-. The molecule has 3 N–H and O–H groups in total. The second-order valence-corrected chi connectivity index (χ2v) is 8.13. The minimum absolute atomic E-state index is 0.0287. The molecule has 0 radical (unpaired) electrons. The minimum atomic E-state index is -4.61. The van der Waals surface area contributed by atoms with Crippen LogP contribution in [0.2, 0.25) is 0 Å². The molecular formula is C26H20F3N3O4. The number of carbonyl (C=O) groups is 2. The summed E-state index contributed by atoms with van der Waals surface area (Å²) < 4.78 is 40.3. The van der Waals surface area contributed by atoms with Gasteiger partial charge in [-0.05, 0) is 67.4 Å². The number of para-hydroxylation sites is 1. The van der Waals surface area contributed by atoms with Crippen molar-refractivity contribution in [3.63, 3.8) is 0 Å². The van der Waals surface area contributed by atoms with Crippen LogP contribution < -0.4 is 10.3 Å². The molecule has 1 amide bonds. The third kappa shape index (κ3) is 4.65. The molecule has 0 aliphatic carbocycles. The van der Waals surface area contributed by atoms with Gasteiger partial charge in [0.05, 0.1) is 16.9 Å². The lowest BCUT2D eigenvalue weighted by molar-refractivity contribution is -0.137. The lowest BCUT2D eigenvalue weighted by atomic mass is 10.1. The highest BCUT2D eigenvalue weighted by Gasteiger charge is 2.39. The summed E-state index contributed by atoms with van der Waals surface area (Å²) in [6.45, 7) is 3.71. The van der Waals surface area contributed by atoms with Crippen molar-refractivity contribution in [1.82, 2.24) is 0 Å². The third-order valence-corrected chi connectivity index (χ3v) is 5.74. The molecule has 0 saturated heterocycles. The number of nitrogens with one attached hydrogen (secondary N) is 1. The number of fused-ring (bicyclic) bond motifs is 1. The Hall–Kier alpha value is -4.60. The number of rotatable bonds is 5. The first-order valence-corrected chi connectivity index (χ1v) is 10.7. The predicted octanol–water partition coefficient (Wildman–Crippen LogP) is 5.62. The Kier molecular flexibility index (Phi) is 6.28. The Balaban J connectivity index is 1.79. The van der Waals surface area contributed by atoms with Crippen LogP contribution in [0, 0.1) is 13.8 Å². The first-order valence-electron chi connectivity index (χ1n) is 10.7. The molecule has 0 unspecified atom stereocenters. The van der Waals surface area contributed by atoms with E-state index in [1.807, 2.05) is 13.8 Å². The van der Waals surface area contributed by atoms with Gasteiger partial charge < -0.3 is 10.2 Å². The molecule has 0 spiro atoms. The molecule has 0 atom stereocenters. The lowest BCUT2D eigenvalue weighted by Gasteiger charge is -2.19. The maximum Gasteiger partial charge on any atom is 0.416 e. The van der Waals surface area contributed by atoms with E-state index < -0.39 is 23.6 Å². The number of hydrazone groups is 1. The largest absolute Gasteiger partial charge is 0.505 e. The summed E-state index contributed by atoms with van der Waals surface area (Å²) in [5.74, 6) is -2.17. The molecule has 0 bridgehead atoms. The molecule has 10 heteroatoms. The van der Waals surface area contributed by atoms with Gasteiger partial charge in [0.25, 0.3) is 5.91 Å². The Morgan fingerprint density at radius 2 is 1.81 bits per heavy atom. The Morgan fingerprint density at radius 1 is 1.06 bits per heavy atom. The number of hydrogen-bond donors (Lipinski definition) is 3. The number of hydrogen-bond acceptors (Lipinski definition) is 5. The Morgan fingerprint density at radius 3 is 2.47 bits per heavy atom. The van der Waals surface area contributed by atoms with Gasteiger partial charge in [0.2, 0.25) is 0 Å². The van der Waals surface area contributed by atoms with Crippen LogP contribution in [0.3, 0.4) is 0 Å². The number of halogens is 3. The maximum absolute atomic E-state index is 13.4. The first-order chi connectivity index (χ1) is 17.0. The number of carboxylic acid groups (broad SMARTS) is 1. The summed E-state index contributed by atoms with van der Waals surface area (Å²) in [4.78, 5) is 25.4. The normalized spacial score (nSPS) is 14.5. The van der Waals surface area contributed by atoms with Gasteiger partial charge in [-0.15, -0.1) is 0 Å². The number of nitrogens with zero attached hydrogens (tertiary/aromatic N) is 2. The zero-order valence-electron chi connectivity index (χ0n) is 19.1. The molecule has 0 aromatic heterocycles. The van der Waals surface area contributed by atoms with Crippen molar-refractivity contribution in [3.8, 4) is 5.75 Å². The number of anilines is 3. The van der Waals surface area contributed by atoms with E-state index >= 15 is 0 Å². The van der Waals surface area contributed by atoms with Crippen molar-refractivity contribution < 1.29 is 33.0 Å². The zero-order chi connectivity index (χ0) is 26.2. The van der Waals surface area contributed by atoms with E-state index in [1.54, 1.807) is 18.2 Å². The highest BCUT2D eigenvalue weighted by molar-refractivity contribution is 6.55. The molecule has 0 fully saturated rings. The number of carboxylic acids is 1. The monoisotopic (exact) mass is 495 g/mol. The summed E-state index contributed by atoms with van der Waals surface area (Å²) in [7, 11) is 0. The van der Waals surface area contributed by atoms with Gasteiger partial charge in [-0.25, -0.2) is 4.79 Å². The number of amides is 1.